The minimum atomic E-state index is 0.117. The molecule has 5 nitrogen and oxygen atoms in total. The van der Waals surface area contributed by atoms with E-state index in [1.807, 2.05) is 31.7 Å². The molecule has 1 aliphatic heterocycles. The summed E-state index contributed by atoms with van der Waals surface area (Å²) in [5.74, 6) is 0.117. The minimum absolute atomic E-state index is 0.117. The number of amides is 1. The van der Waals surface area contributed by atoms with Gasteiger partial charge in [-0.1, -0.05) is 0 Å². The van der Waals surface area contributed by atoms with Gasteiger partial charge in [-0.05, 0) is 26.8 Å². The Balaban J connectivity index is 1.99. The molecular weight excluding hydrogens is 218 g/mol. The van der Waals surface area contributed by atoms with Crippen LogP contribution in [-0.4, -0.2) is 46.4 Å². The molecule has 1 saturated heterocycles. The van der Waals surface area contributed by atoms with Crippen LogP contribution in [0.15, 0.2) is 6.07 Å². The average molecular weight is 237 g/mol. The number of hydrogen-bond acceptors (Lipinski definition) is 3. The Morgan fingerprint density at radius 2 is 2.35 bits per heavy atom. The highest BCUT2D eigenvalue weighted by Gasteiger charge is 2.21. The number of ether oxygens (including phenoxy) is 1. The molecular formula is C12H19N3O2. The molecule has 0 saturated carbocycles. The van der Waals surface area contributed by atoms with Gasteiger partial charge >= 0.3 is 0 Å². The fourth-order valence-corrected chi connectivity index (χ4v) is 2.11. The molecule has 0 aliphatic carbocycles. The average Bonchev–Trinajstić information content (AvgIpc) is 2.57. The Kier molecular flexibility index (Phi) is 3.47. The van der Waals surface area contributed by atoms with Gasteiger partial charge in [0.05, 0.1) is 18.4 Å². The minimum Gasteiger partial charge on any atom is -0.375 e. The molecule has 1 fully saturated rings. The molecule has 94 valence electrons. The predicted octanol–water partition coefficient (Wildman–Crippen LogP) is 0.747. The highest BCUT2D eigenvalue weighted by molar-refractivity contribution is 5.76. The van der Waals surface area contributed by atoms with Gasteiger partial charge in [-0.15, -0.1) is 0 Å². The van der Waals surface area contributed by atoms with E-state index >= 15 is 0 Å². The van der Waals surface area contributed by atoms with Crippen molar-refractivity contribution in [2.75, 3.05) is 19.7 Å². The number of rotatable bonds is 2. The predicted molar refractivity (Wildman–Crippen MR) is 63.7 cm³/mol. The number of carbonyl (C=O) groups is 1. The van der Waals surface area contributed by atoms with Crippen LogP contribution in [0.25, 0.3) is 0 Å². The monoisotopic (exact) mass is 237 g/mol. The van der Waals surface area contributed by atoms with Crippen molar-refractivity contribution in [3.63, 3.8) is 0 Å². The summed E-state index contributed by atoms with van der Waals surface area (Å²) in [7, 11) is 0. The highest BCUT2D eigenvalue weighted by Crippen LogP contribution is 2.07. The summed E-state index contributed by atoms with van der Waals surface area (Å²) in [6.07, 6.45) is 0.133. The van der Waals surface area contributed by atoms with Gasteiger partial charge in [0.25, 0.3) is 0 Å². The van der Waals surface area contributed by atoms with Crippen molar-refractivity contribution in [2.24, 2.45) is 0 Å². The molecule has 0 aromatic carbocycles. The fourth-order valence-electron chi connectivity index (χ4n) is 2.11. The Hall–Kier alpha value is -1.36. The molecule has 5 heteroatoms. The van der Waals surface area contributed by atoms with Crippen molar-refractivity contribution in [1.29, 1.82) is 0 Å². The van der Waals surface area contributed by atoms with Gasteiger partial charge in [0, 0.05) is 18.8 Å². The smallest absolute Gasteiger partial charge is 0.244 e. The second-order valence-corrected chi connectivity index (χ2v) is 4.61. The first-order chi connectivity index (χ1) is 8.06. The van der Waals surface area contributed by atoms with Gasteiger partial charge in [0.2, 0.25) is 5.91 Å². The van der Waals surface area contributed by atoms with E-state index in [4.69, 9.17) is 4.74 Å². The lowest BCUT2D eigenvalue weighted by Crippen LogP contribution is -2.45. The number of morpholine rings is 1. The number of nitrogens with zero attached hydrogens (tertiary/aromatic N) is 3. The lowest BCUT2D eigenvalue weighted by molar-refractivity contribution is -0.139. The van der Waals surface area contributed by atoms with E-state index in [-0.39, 0.29) is 12.0 Å². The Morgan fingerprint density at radius 1 is 1.59 bits per heavy atom. The zero-order chi connectivity index (χ0) is 12.4. The summed E-state index contributed by atoms with van der Waals surface area (Å²) in [6, 6.07) is 1.98. The van der Waals surface area contributed by atoms with Crippen LogP contribution >= 0.6 is 0 Å². The molecule has 17 heavy (non-hydrogen) atoms. The summed E-state index contributed by atoms with van der Waals surface area (Å²) in [5.41, 5.74) is 1.97. The van der Waals surface area contributed by atoms with Crippen LogP contribution in [0.2, 0.25) is 0 Å². The molecule has 2 heterocycles. The number of aryl methyl sites for hydroxylation is 2. The highest BCUT2D eigenvalue weighted by atomic mass is 16.5. The molecule has 1 atom stereocenters. The van der Waals surface area contributed by atoms with Crippen molar-refractivity contribution in [2.45, 2.75) is 33.4 Å². The standard InChI is InChI=1S/C12H19N3O2/c1-9-6-10(2)15(13-9)8-12(16)14-4-5-17-11(3)7-14/h6,11H,4-5,7-8H2,1-3H3. The lowest BCUT2D eigenvalue weighted by atomic mass is 10.3. The van der Waals surface area contributed by atoms with Crippen molar-refractivity contribution >= 4 is 5.91 Å². The molecule has 0 spiro atoms. The summed E-state index contributed by atoms with van der Waals surface area (Å²) < 4.78 is 7.18. The molecule has 0 radical (unpaired) electrons. The van der Waals surface area contributed by atoms with Gasteiger partial charge in [0.1, 0.15) is 6.54 Å². The maximum Gasteiger partial charge on any atom is 0.244 e. The SMILES string of the molecule is Cc1cc(C)n(CC(=O)N2CCOC(C)C2)n1. The molecule has 0 N–H and O–H groups in total. The number of carbonyl (C=O) groups excluding carboxylic acids is 1. The van der Waals surface area contributed by atoms with E-state index in [1.165, 1.54) is 0 Å². The maximum absolute atomic E-state index is 12.1. The van der Waals surface area contributed by atoms with Crippen molar-refractivity contribution < 1.29 is 9.53 Å². The molecule has 2 rings (SSSR count). The first-order valence-corrected chi connectivity index (χ1v) is 5.96. The third-order valence-electron chi connectivity index (χ3n) is 2.98. The van der Waals surface area contributed by atoms with E-state index < -0.39 is 0 Å². The van der Waals surface area contributed by atoms with E-state index in [0.29, 0.717) is 26.2 Å². The van der Waals surface area contributed by atoms with Crippen LogP contribution in [-0.2, 0) is 16.1 Å². The zero-order valence-electron chi connectivity index (χ0n) is 10.6. The molecule has 1 aliphatic rings. The van der Waals surface area contributed by atoms with Gasteiger partial charge in [-0.25, -0.2) is 0 Å². The summed E-state index contributed by atoms with van der Waals surface area (Å²) in [4.78, 5) is 13.9. The van der Waals surface area contributed by atoms with Crippen molar-refractivity contribution in [3.05, 3.63) is 17.5 Å². The Labute approximate surface area is 101 Å². The Bertz CT molecular complexity index is 414. The third kappa shape index (κ3) is 2.85. The fraction of sp³-hybridized carbons (Fsp3) is 0.667. The Morgan fingerprint density at radius 3 is 2.94 bits per heavy atom. The van der Waals surface area contributed by atoms with E-state index in [9.17, 15) is 4.79 Å². The molecule has 0 bridgehead atoms. The van der Waals surface area contributed by atoms with E-state index in [1.54, 1.807) is 4.68 Å². The van der Waals surface area contributed by atoms with Crippen LogP contribution in [0.3, 0.4) is 0 Å². The van der Waals surface area contributed by atoms with Gasteiger partial charge in [-0.2, -0.15) is 5.10 Å². The summed E-state index contributed by atoms with van der Waals surface area (Å²) in [6.45, 7) is 8.21. The summed E-state index contributed by atoms with van der Waals surface area (Å²) >= 11 is 0. The second-order valence-electron chi connectivity index (χ2n) is 4.61. The van der Waals surface area contributed by atoms with Crippen molar-refractivity contribution in [1.82, 2.24) is 14.7 Å². The van der Waals surface area contributed by atoms with Crippen LogP contribution in [0.4, 0.5) is 0 Å². The second kappa shape index (κ2) is 4.87. The number of hydrogen-bond donors (Lipinski definition) is 0. The van der Waals surface area contributed by atoms with Crippen LogP contribution in [0.1, 0.15) is 18.3 Å². The first-order valence-electron chi connectivity index (χ1n) is 5.96. The molecule has 1 unspecified atom stereocenters. The largest absolute Gasteiger partial charge is 0.375 e. The van der Waals surface area contributed by atoms with Gasteiger partial charge < -0.3 is 9.64 Å². The van der Waals surface area contributed by atoms with Gasteiger partial charge in [-0.3, -0.25) is 9.48 Å². The first kappa shape index (κ1) is 12.1. The van der Waals surface area contributed by atoms with Crippen LogP contribution in [0.5, 0.6) is 0 Å². The van der Waals surface area contributed by atoms with Crippen LogP contribution < -0.4 is 0 Å². The molecule has 1 aromatic rings. The molecule has 1 amide bonds. The summed E-state index contributed by atoms with van der Waals surface area (Å²) in [5, 5.41) is 4.30. The molecule has 1 aromatic heterocycles. The van der Waals surface area contributed by atoms with Crippen LogP contribution in [0, 0.1) is 13.8 Å². The zero-order valence-corrected chi connectivity index (χ0v) is 10.6. The topological polar surface area (TPSA) is 47.4 Å². The quantitative estimate of drug-likeness (QED) is 0.762. The van der Waals surface area contributed by atoms with Gasteiger partial charge in [0.15, 0.2) is 0 Å². The lowest BCUT2D eigenvalue weighted by Gasteiger charge is -2.31. The van der Waals surface area contributed by atoms with Crippen molar-refractivity contribution in [3.8, 4) is 0 Å². The normalized spacial score (nSPS) is 20.6. The maximum atomic E-state index is 12.1. The van der Waals surface area contributed by atoms with E-state index in [0.717, 1.165) is 11.4 Å². The van der Waals surface area contributed by atoms with E-state index in [2.05, 4.69) is 5.10 Å². The number of aromatic nitrogens is 2. The third-order valence-corrected chi connectivity index (χ3v) is 2.98.